The number of aromatic carboxylic acids is 1. The molecule has 0 aromatic carbocycles. The lowest BCUT2D eigenvalue weighted by atomic mass is 10.2. The number of carboxylic acids is 1. The Morgan fingerprint density at radius 1 is 1.64 bits per heavy atom. The average Bonchev–Trinajstić information content (AvgIpc) is 2.04. The molecule has 4 heteroatoms. The van der Waals surface area contributed by atoms with E-state index in [9.17, 15) is 9.59 Å². The van der Waals surface area contributed by atoms with Gasteiger partial charge in [0, 0.05) is 18.0 Å². The summed E-state index contributed by atoms with van der Waals surface area (Å²) in [5, 5.41) is 8.48. The molecular weight excluding hydrogens is 146 g/mol. The first-order valence-electron chi connectivity index (χ1n) is 2.81. The van der Waals surface area contributed by atoms with Crippen LogP contribution in [0.3, 0.4) is 0 Å². The summed E-state index contributed by atoms with van der Waals surface area (Å²) in [5.74, 6) is -1.17. The summed E-state index contributed by atoms with van der Waals surface area (Å²) in [4.78, 5) is 24.0. The van der Waals surface area contributed by atoms with E-state index in [-0.39, 0.29) is 11.1 Å². The van der Waals surface area contributed by atoms with Crippen LogP contribution in [0.25, 0.3) is 0 Å². The molecule has 0 bridgehead atoms. The first kappa shape index (κ1) is 7.40. The van der Waals surface area contributed by atoms with Crippen LogP contribution in [0.15, 0.2) is 18.5 Å². The standard InChI is InChI=1S/C7H4NO3/c9-4-5-1-2-8-3-6(5)7(10)11/h1-3H,(H,10,11). The third-order valence-electron chi connectivity index (χ3n) is 1.16. The van der Waals surface area contributed by atoms with Crippen LogP contribution in [0.2, 0.25) is 0 Å². The molecule has 0 fully saturated rings. The highest BCUT2D eigenvalue weighted by molar-refractivity contribution is 5.96. The Labute approximate surface area is 62.5 Å². The molecule has 0 unspecified atom stereocenters. The quantitative estimate of drug-likeness (QED) is 0.655. The van der Waals surface area contributed by atoms with Gasteiger partial charge in [0.2, 0.25) is 6.29 Å². The van der Waals surface area contributed by atoms with E-state index in [1.54, 1.807) is 0 Å². The lowest BCUT2D eigenvalue weighted by molar-refractivity contribution is 0.0696. The fourth-order valence-corrected chi connectivity index (χ4v) is 0.654. The topological polar surface area (TPSA) is 67.3 Å². The summed E-state index contributed by atoms with van der Waals surface area (Å²) >= 11 is 0. The van der Waals surface area contributed by atoms with Crippen molar-refractivity contribution in [1.29, 1.82) is 0 Å². The van der Waals surface area contributed by atoms with E-state index in [1.165, 1.54) is 18.5 Å². The summed E-state index contributed by atoms with van der Waals surface area (Å²) in [5.41, 5.74) is -0.102. The number of nitrogens with zero attached hydrogens (tertiary/aromatic N) is 1. The minimum absolute atomic E-state index is 0.0208. The second-order valence-electron chi connectivity index (χ2n) is 1.83. The van der Waals surface area contributed by atoms with Crippen molar-refractivity contribution in [1.82, 2.24) is 4.98 Å². The van der Waals surface area contributed by atoms with Gasteiger partial charge in [-0.1, -0.05) is 0 Å². The number of carbonyl (C=O) groups is 1. The van der Waals surface area contributed by atoms with Crippen LogP contribution >= 0.6 is 0 Å². The minimum atomic E-state index is -1.17. The van der Waals surface area contributed by atoms with E-state index in [2.05, 4.69) is 4.98 Å². The van der Waals surface area contributed by atoms with E-state index in [0.717, 1.165) is 6.20 Å². The summed E-state index contributed by atoms with van der Waals surface area (Å²) in [7, 11) is 0. The maximum atomic E-state index is 10.4. The molecule has 0 spiro atoms. The van der Waals surface area contributed by atoms with Gasteiger partial charge in [0.25, 0.3) is 0 Å². The van der Waals surface area contributed by atoms with Crippen molar-refractivity contribution < 1.29 is 14.7 Å². The lowest BCUT2D eigenvalue weighted by Crippen LogP contribution is -2.01. The van der Waals surface area contributed by atoms with Gasteiger partial charge in [-0.3, -0.25) is 9.78 Å². The second kappa shape index (κ2) is 2.92. The van der Waals surface area contributed by atoms with Gasteiger partial charge in [0.1, 0.15) is 0 Å². The lowest BCUT2D eigenvalue weighted by Gasteiger charge is -1.93. The Kier molecular flexibility index (Phi) is 1.96. The molecule has 1 radical (unpaired) electrons. The minimum Gasteiger partial charge on any atom is -0.478 e. The Morgan fingerprint density at radius 2 is 2.36 bits per heavy atom. The molecule has 55 valence electrons. The number of pyridine rings is 1. The monoisotopic (exact) mass is 150 g/mol. The van der Waals surface area contributed by atoms with Crippen LogP contribution in [-0.2, 0) is 4.79 Å². The molecule has 11 heavy (non-hydrogen) atoms. The molecule has 1 aromatic rings. The predicted octanol–water partition coefficient (Wildman–Crippen LogP) is 0.238. The van der Waals surface area contributed by atoms with Gasteiger partial charge in [-0.15, -0.1) is 0 Å². The second-order valence-corrected chi connectivity index (χ2v) is 1.83. The van der Waals surface area contributed by atoms with E-state index < -0.39 is 5.97 Å². The Bertz CT molecular complexity index is 295. The first-order chi connectivity index (χ1) is 5.25. The summed E-state index contributed by atoms with van der Waals surface area (Å²) in [6.45, 7) is 0. The Morgan fingerprint density at radius 3 is 2.82 bits per heavy atom. The molecule has 4 nitrogen and oxygen atoms in total. The van der Waals surface area contributed by atoms with E-state index >= 15 is 0 Å². The van der Waals surface area contributed by atoms with Gasteiger partial charge in [-0.05, 0) is 6.07 Å². The Hall–Kier alpha value is -1.71. The van der Waals surface area contributed by atoms with Crippen molar-refractivity contribution in [2.75, 3.05) is 0 Å². The number of carbonyl (C=O) groups excluding carboxylic acids is 1. The van der Waals surface area contributed by atoms with Crippen molar-refractivity contribution in [3.8, 4) is 0 Å². The third-order valence-corrected chi connectivity index (χ3v) is 1.16. The number of aromatic nitrogens is 1. The molecule has 0 saturated carbocycles. The zero-order chi connectivity index (χ0) is 8.27. The van der Waals surface area contributed by atoms with Crippen molar-refractivity contribution in [2.24, 2.45) is 0 Å². The zero-order valence-electron chi connectivity index (χ0n) is 5.44. The molecule has 0 amide bonds. The van der Waals surface area contributed by atoms with Gasteiger partial charge < -0.3 is 5.11 Å². The maximum absolute atomic E-state index is 10.4. The molecule has 0 aliphatic rings. The number of rotatable bonds is 2. The van der Waals surface area contributed by atoms with Gasteiger partial charge in [-0.25, -0.2) is 4.79 Å². The molecule has 1 rings (SSSR count). The van der Waals surface area contributed by atoms with E-state index in [1.807, 2.05) is 0 Å². The van der Waals surface area contributed by atoms with Crippen LogP contribution < -0.4 is 0 Å². The van der Waals surface area contributed by atoms with E-state index in [0.29, 0.717) is 0 Å². The van der Waals surface area contributed by atoms with Crippen LogP contribution in [0.5, 0.6) is 0 Å². The molecule has 0 atom stereocenters. The predicted molar refractivity (Wildman–Crippen MR) is 36.0 cm³/mol. The molecule has 0 aliphatic carbocycles. The van der Waals surface area contributed by atoms with Crippen LogP contribution in [-0.4, -0.2) is 22.3 Å². The first-order valence-corrected chi connectivity index (χ1v) is 2.81. The Balaban J connectivity index is 3.22. The van der Waals surface area contributed by atoms with Crippen LogP contribution in [0, 0.1) is 0 Å². The molecular formula is C7H4NO3. The van der Waals surface area contributed by atoms with Crippen molar-refractivity contribution in [3.05, 3.63) is 29.6 Å². The van der Waals surface area contributed by atoms with Gasteiger partial charge in [0.05, 0.1) is 5.56 Å². The van der Waals surface area contributed by atoms with E-state index in [4.69, 9.17) is 5.11 Å². The van der Waals surface area contributed by atoms with Gasteiger partial charge in [0.15, 0.2) is 0 Å². The van der Waals surface area contributed by atoms with Crippen LogP contribution in [0.4, 0.5) is 0 Å². The van der Waals surface area contributed by atoms with Crippen molar-refractivity contribution in [3.63, 3.8) is 0 Å². The highest BCUT2D eigenvalue weighted by atomic mass is 16.4. The maximum Gasteiger partial charge on any atom is 0.338 e. The summed E-state index contributed by atoms with van der Waals surface area (Å²) < 4.78 is 0. The molecule has 0 aliphatic heterocycles. The van der Waals surface area contributed by atoms with Crippen molar-refractivity contribution >= 4 is 12.3 Å². The normalized spacial score (nSPS) is 9.09. The average molecular weight is 150 g/mol. The smallest absolute Gasteiger partial charge is 0.338 e. The fraction of sp³-hybridized carbons (Fsp3) is 0. The molecule has 1 heterocycles. The fourth-order valence-electron chi connectivity index (χ4n) is 0.654. The molecule has 1 aromatic heterocycles. The zero-order valence-corrected chi connectivity index (χ0v) is 5.44. The highest BCUT2D eigenvalue weighted by Crippen LogP contribution is 2.02. The SMILES string of the molecule is O=[C]c1ccncc1C(=O)O. The highest BCUT2D eigenvalue weighted by Gasteiger charge is 2.08. The van der Waals surface area contributed by atoms with Crippen molar-refractivity contribution in [2.45, 2.75) is 0 Å². The number of carboxylic acid groups (broad SMARTS) is 1. The number of hydrogen-bond acceptors (Lipinski definition) is 3. The third kappa shape index (κ3) is 1.40. The largest absolute Gasteiger partial charge is 0.478 e. The van der Waals surface area contributed by atoms with Crippen LogP contribution in [0.1, 0.15) is 15.9 Å². The van der Waals surface area contributed by atoms with Gasteiger partial charge in [-0.2, -0.15) is 0 Å². The molecule has 1 N–H and O–H groups in total. The summed E-state index contributed by atoms with van der Waals surface area (Å²) in [6, 6.07) is 1.30. The molecule has 0 saturated heterocycles. The number of hydrogen-bond donors (Lipinski definition) is 1. The summed E-state index contributed by atoms with van der Waals surface area (Å²) in [6.07, 6.45) is 3.96. The van der Waals surface area contributed by atoms with Gasteiger partial charge >= 0.3 is 5.97 Å².